The molecule has 1 N–H and O–H groups in total. The highest BCUT2D eigenvalue weighted by molar-refractivity contribution is 6.24. The monoisotopic (exact) mass is 928 g/mol. The van der Waals surface area contributed by atoms with E-state index in [-0.39, 0.29) is 47.3 Å². The number of rotatable bonds is 14. The van der Waals surface area contributed by atoms with Crippen molar-refractivity contribution in [3.05, 3.63) is 143 Å². The fourth-order valence-corrected chi connectivity index (χ4v) is 10.4. The van der Waals surface area contributed by atoms with Gasteiger partial charge in [-0.25, -0.2) is 0 Å². The second kappa shape index (κ2) is 19.3. The van der Waals surface area contributed by atoms with Crippen LogP contribution >= 0.6 is 0 Å². The van der Waals surface area contributed by atoms with Crippen molar-refractivity contribution < 1.29 is 52.7 Å². The number of nitrogens with zero attached hydrogens (tertiary/aromatic N) is 2. The third kappa shape index (κ3) is 8.49. The molecule has 13 nitrogen and oxygen atoms in total. The fraction of sp³-hybridized carbons (Fsp3) is 0.250. The van der Waals surface area contributed by atoms with Crippen LogP contribution in [0.25, 0.3) is 30.4 Å². The Morgan fingerprint density at radius 1 is 0.478 bits per heavy atom. The van der Waals surface area contributed by atoms with Gasteiger partial charge in [0.15, 0.2) is 11.5 Å². The summed E-state index contributed by atoms with van der Waals surface area (Å²) >= 11 is 0. The van der Waals surface area contributed by atoms with Gasteiger partial charge >= 0.3 is 0 Å². The summed E-state index contributed by atoms with van der Waals surface area (Å²) in [7, 11) is 9.29. The summed E-state index contributed by atoms with van der Waals surface area (Å²) in [5.74, 6) is -2.39. The topological polar surface area (TPSA) is 150 Å². The molecule has 0 spiro atoms. The first-order valence-corrected chi connectivity index (χ1v) is 22.6. The number of amides is 4. The van der Waals surface area contributed by atoms with Crippen LogP contribution < -0.4 is 38.2 Å². The molecule has 0 bridgehead atoms. The number of benzene rings is 5. The Bertz CT molecular complexity index is 2930. The average molecular weight is 929 g/mol. The lowest BCUT2D eigenvalue weighted by Crippen LogP contribution is -2.43. The first-order chi connectivity index (χ1) is 33.5. The number of hydrogen-bond donors (Lipinski definition) is 1. The van der Waals surface area contributed by atoms with Crippen molar-refractivity contribution >= 4 is 65.4 Å². The minimum Gasteiger partial charge on any atom is -0.502 e. The molecule has 2 heterocycles. The summed E-state index contributed by atoms with van der Waals surface area (Å²) in [5.41, 5.74) is 5.67. The average Bonchev–Trinajstić information content (AvgIpc) is 3.79. The number of hydrogen-bond acceptors (Lipinski definition) is 11. The molecule has 69 heavy (non-hydrogen) atoms. The number of methoxy groups -OCH3 is 6. The summed E-state index contributed by atoms with van der Waals surface area (Å²) < 4.78 is 32.7. The number of phenols is 1. The van der Waals surface area contributed by atoms with Gasteiger partial charge in [-0.3, -0.25) is 29.0 Å². The lowest BCUT2D eigenvalue weighted by atomic mass is 9.58. The summed E-state index contributed by atoms with van der Waals surface area (Å²) in [6.07, 6.45) is 13.9. The number of imide groups is 2. The lowest BCUT2D eigenvalue weighted by molar-refractivity contribution is -0.126. The molecule has 5 aromatic carbocycles. The van der Waals surface area contributed by atoms with Crippen LogP contribution in [0.1, 0.15) is 40.7 Å². The molecule has 0 aromatic heterocycles. The van der Waals surface area contributed by atoms with Crippen LogP contribution in [-0.2, 0) is 19.2 Å². The number of anilines is 2. The van der Waals surface area contributed by atoms with Gasteiger partial charge in [-0.1, -0.05) is 72.4 Å². The highest BCUT2D eigenvalue weighted by atomic mass is 16.5. The van der Waals surface area contributed by atoms with E-state index in [1.165, 1.54) is 24.0 Å². The third-order valence-electron chi connectivity index (χ3n) is 13.8. The second-order valence-electron chi connectivity index (χ2n) is 17.3. The van der Waals surface area contributed by atoms with E-state index in [0.29, 0.717) is 46.4 Å². The number of carbonyl (C=O) groups is 4. The quantitative estimate of drug-likeness (QED) is 0.0645. The zero-order chi connectivity index (χ0) is 48.5. The number of fused-ring (bicyclic) bond motifs is 4. The Hall–Kier alpha value is -8.06. The minimum absolute atomic E-state index is 0.154. The molecule has 5 aromatic rings. The van der Waals surface area contributed by atoms with Gasteiger partial charge in [0.25, 0.3) is 0 Å². The van der Waals surface area contributed by atoms with Crippen molar-refractivity contribution in [2.75, 3.05) is 52.5 Å². The van der Waals surface area contributed by atoms with Gasteiger partial charge in [0, 0.05) is 17.0 Å². The molecule has 3 fully saturated rings. The van der Waals surface area contributed by atoms with Crippen molar-refractivity contribution in [1.29, 1.82) is 0 Å². The first kappa shape index (κ1) is 46.1. The Morgan fingerprint density at radius 2 is 0.957 bits per heavy atom. The fourth-order valence-electron chi connectivity index (χ4n) is 10.4. The summed E-state index contributed by atoms with van der Waals surface area (Å²) in [4.78, 5) is 61.1. The molecule has 4 aliphatic rings. The molecule has 2 saturated heterocycles. The lowest BCUT2D eigenvalue weighted by Gasteiger charge is -2.42. The molecule has 4 amide bonds. The van der Waals surface area contributed by atoms with E-state index >= 15 is 0 Å². The predicted octanol–water partition coefficient (Wildman–Crippen LogP) is 9.38. The molecular formula is C56H52N2O11. The van der Waals surface area contributed by atoms with Gasteiger partial charge in [0.05, 0.1) is 77.7 Å². The summed E-state index contributed by atoms with van der Waals surface area (Å²) in [6, 6.07) is 28.8. The van der Waals surface area contributed by atoms with Crippen LogP contribution in [0.2, 0.25) is 0 Å². The van der Waals surface area contributed by atoms with Crippen LogP contribution in [0.4, 0.5) is 11.4 Å². The maximum Gasteiger partial charge on any atom is 0.238 e. The molecule has 9 rings (SSSR count). The molecule has 13 heteroatoms. The van der Waals surface area contributed by atoms with Crippen LogP contribution in [-0.4, -0.2) is 71.4 Å². The van der Waals surface area contributed by atoms with Crippen LogP contribution in [0, 0.1) is 35.5 Å². The third-order valence-corrected chi connectivity index (χ3v) is 13.8. The van der Waals surface area contributed by atoms with Gasteiger partial charge in [-0.05, 0) is 108 Å². The highest BCUT2D eigenvalue weighted by Gasteiger charge is 2.61. The van der Waals surface area contributed by atoms with Crippen molar-refractivity contribution in [2.45, 2.75) is 12.8 Å². The van der Waals surface area contributed by atoms with E-state index < -0.39 is 35.5 Å². The molecule has 6 unspecified atom stereocenters. The number of ether oxygens (including phenoxy) is 6. The van der Waals surface area contributed by atoms with E-state index in [1.54, 1.807) is 64.8 Å². The molecular weight excluding hydrogens is 877 g/mol. The summed E-state index contributed by atoms with van der Waals surface area (Å²) in [6.45, 7) is 0. The molecule has 2 aliphatic carbocycles. The van der Waals surface area contributed by atoms with Gasteiger partial charge in [0.2, 0.25) is 29.4 Å². The number of phenolic OH excluding ortho intramolecular Hbond substituents is 1. The van der Waals surface area contributed by atoms with E-state index in [1.807, 2.05) is 103 Å². The molecule has 352 valence electrons. The van der Waals surface area contributed by atoms with Gasteiger partial charge in [-0.2, -0.15) is 0 Å². The Labute approximate surface area is 400 Å². The zero-order valence-electron chi connectivity index (χ0n) is 39.1. The van der Waals surface area contributed by atoms with E-state index in [4.69, 9.17) is 28.4 Å². The maximum atomic E-state index is 14.8. The second-order valence-corrected chi connectivity index (χ2v) is 17.3. The standard InChI is InChI=1S/C56H52N2O11/c1-64-39-20-25-46(66-3)35(29-39)14-7-32-9-16-37(17-10-32)57-53(60)43-24-23-41-42(22-13-34-27-48(68-5)52(59)49(28-34)69-6)50-45(31-44(41)51(43)56(57)63)54(61)58(55(50)62)38-18-11-33(12-19-38)8-15-36-30-40(65-2)21-26-47(36)67-4/h7-23,25-30,42-45,50-51,59H,24,31H2,1-6H3. The predicted molar refractivity (Wildman–Crippen MR) is 263 cm³/mol. The molecule has 0 radical (unpaired) electrons. The van der Waals surface area contributed by atoms with Gasteiger partial charge < -0.3 is 33.5 Å². The van der Waals surface area contributed by atoms with Crippen LogP contribution in [0.15, 0.2) is 115 Å². The highest BCUT2D eigenvalue weighted by Crippen LogP contribution is 2.56. The molecule has 2 aliphatic heterocycles. The van der Waals surface area contributed by atoms with Gasteiger partial charge in [0.1, 0.15) is 23.0 Å². The maximum absolute atomic E-state index is 14.8. The minimum atomic E-state index is -0.783. The zero-order valence-corrected chi connectivity index (χ0v) is 39.1. The largest absolute Gasteiger partial charge is 0.502 e. The van der Waals surface area contributed by atoms with Crippen LogP contribution in [0.5, 0.6) is 40.2 Å². The van der Waals surface area contributed by atoms with Crippen molar-refractivity contribution in [3.63, 3.8) is 0 Å². The van der Waals surface area contributed by atoms with Gasteiger partial charge in [-0.15, -0.1) is 0 Å². The van der Waals surface area contributed by atoms with Crippen molar-refractivity contribution in [1.82, 2.24) is 0 Å². The SMILES string of the molecule is COc1ccc(OC)c(C=Cc2ccc(N3C(=O)C4CC5C(=CCC6C(=O)N(c7ccc(C=Cc8cc(OC)ccc8OC)cc7)C(=O)C65)C(C=Cc5cc(OC)c(O)c(OC)c5)C4C3=O)cc2)c1. The van der Waals surface area contributed by atoms with E-state index in [9.17, 15) is 24.3 Å². The van der Waals surface area contributed by atoms with Crippen LogP contribution in [0.3, 0.4) is 0 Å². The van der Waals surface area contributed by atoms with E-state index in [0.717, 1.165) is 27.8 Å². The smallest absolute Gasteiger partial charge is 0.238 e. The number of carbonyl (C=O) groups excluding carboxylic acids is 4. The van der Waals surface area contributed by atoms with Crippen molar-refractivity contribution in [2.24, 2.45) is 35.5 Å². The van der Waals surface area contributed by atoms with E-state index in [2.05, 4.69) is 0 Å². The first-order valence-electron chi connectivity index (χ1n) is 22.6. The molecule has 6 atom stereocenters. The van der Waals surface area contributed by atoms with Crippen molar-refractivity contribution in [3.8, 4) is 40.2 Å². The summed E-state index contributed by atoms with van der Waals surface area (Å²) in [5, 5.41) is 10.6. The Kier molecular flexibility index (Phi) is 12.9. The molecule has 1 saturated carbocycles. The Balaban J connectivity index is 1.02. The number of allylic oxidation sites excluding steroid dienone is 3. The number of aromatic hydroxyl groups is 1. The normalized spacial score (nSPS) is 22.0. The Morgan fingerprint density at radius 3 is 1.43 bits per heavy atom.